The van der Waals surface area contributed by atoms with Crippen molar-refractivity contribution in [2.45, 2.75) is 25.4 Å². The normalized spacial score (nSPS) is 16.3. The number of imidazole rings is 1. The van der Waals surface area contributed by atoms with Crippen LogP contribution in [0.3, 0.4) is 0 Å². The molecule has 0 spiro atoms. The first-order chi connectivity index (χ1) is 14.9. The lowest BCUT2D eigenvalue weighted by Gasteiger charge is -2.25. The number of fused-ring (bicyclic) bond motifs is 1. The van der Waals surface area contributed by atoms with E-state index in [0.29, 0.717) is 23.5 Å². The molecule has 1 atom stereocenters. The van der Waals surface area contributed by atoms with Gasteiger partial charge in [0, 0.05) is 11.1 Å². The topological polar surface area (TPSA) is 66.0 Å². The quantitative estimate of drug-likeness (QED) is 0.427. The molecule has 0 fully saturated rings. The van der Waals surface area contributed by atoms with Crippen LogP contribution in [0.4, 0.5) is 17.6 Å². The average Bonchev–Trinajstić information content (AvgIpc) is 3.40. The summed E-state index contributed by atoms with van der Waals surface area (Å²) in [5, 5.41) is 3.80. The fraction of sp³-hybridized carbons (Fsp3) is 0.190. The highest BCUT2D eigenvalue weighted by atomic mass is 19.4. The molecule has 0 N–H and O–H groups in total. The lowest BCUT2D eigenvalue weighted by atomic mass is 10.1. The summed E-state index contributed by atoms with van der Waals surface area (Å²) in [6, 6.07) is 11.1. The Kier molecular flexibility index (Phi) is 4.58. The second-order valence-electron chi connectivity index (χ2n) is 7.02. The van der Waals surface area contributed by atoms with Gasteiger partial charge in [0.2, 0.25) is 5.82 Å². The zero-order valence-electron chi connectivity index (χ0n) is 15.8. The van der Waals surface area contributed by atoms with Crippen molar-refractivity contribution in [1.82, 2.24) is 19.7 Å². The summed E-state index contributed by atoms with van der Waals surface area (Å²) in [6.07, 6.45) is -3.38. The molecule has 3 heterocycles. The Morgan fingerprint density at radius 1 is 1.06 bits per heavy atom. The van der Waals surface area contributed by atoms with Crippen molar-refractivity contribution in [2.24, 2.45) is 0 Å². The van der Waals surface area contributed by atoms with Gasteiger partial charge in [-0.2, -0.15) is 18.2 Å². The van der Waals surface area contributed by atoms with E-state index >= 15 is 0 Å². The smallest absolute Gasteiger partial charge is 0.365 e. The van der Waals surface area contributed by atoms with Crippen LogP contribution >= 0.6 is 0 Å². The minimum absolute atomic E-state index is 0.0174. The minimum atomic E-state index is -4.47. The summed E-state index contributed by atoms with van der Waals surface area (Å²) < 4.78 is 65.9. The number of nitrogens with zero attached hydrogens (tertiary/aromatic N) is 4. The van der Waals surface area contributed by atoms with E-state index in [0.717, 1.165) is 12.1 Å². The Morgan fingerprint density at radius 3 is 2.71 bits per heavy atom. The fourth-order valence-corrected chi connectivity index (χ4v) is 3.50. The number of aromatic nitrogens is 4. The van der Waals surface area contributed by atoms with Gasteiger partial charge in [0.25, 0.3) is 5.89 Å². The zero-order valence-corrected chi connectivity index (χ0v) is 15.8. The third-order valence-corrected chi connectivity index (χ3v) is 5.06. The van der Waals surface area contributed by atoms with E-state index in [4.69, 9.17) is 9.26 Å². The van der Waals surface area contributed by atoms with Gasteiger partial charge in [-0.05, 0) is 18.2 Å². The Bertz CT molecular complexity index is 1250. The highest BCUT2D eigenvalue weighted by Crippen LogP contribution is 2.34. The number of ether oxygens (including phenoxy) is 1. The highest BCUT2D eigenvalue weighted by Gasteiger charge is 2.31. The first-order valence-corrected chi connectivity index (χ1v) is 9.32. The monoisotopic (exact) mass is 430 g/mol. The SMILES string of the molecule is Fc1ccccc1[C@H]1Cn2cnc(-c3nc(-c4cccc(C(F)(F)F)c4)no3)c2CO1. The van der Waals surface area contributed by atoms with Crippen molar-refractivity contribution < 1.29 is 26.8 Å². The van der Waals surface area contributed by atoms with E-state index in [-0.39, 0.29) is 29.7 Å². The molecule has 0 saturated carbocycles. The van der Waals surface area contributed by atoms with Crippen molar-refractivity contribution in [3.05, 3.63) is 77.5 Å². The molecule has 1 aliphatic rings. The van der Waals surface area contributed by atoms with Crippen LogP contribution in [0.1, 0.15) is 22.9 Å². The summed E-state index contributed by atoms with van der Waals surface area (Å²) in [5.74, 6) is -0.267. The van der Waals surface area contributed by atoms with Crippen molar-refractivity contribution in [2.75, 3.05) is 0 Å². The third-order valence-electron chi connectivity index (χ3n) is 5.06. The maximum Gasteiger partial charge on any atom is 0.416 e. The van der Waals surface area contributed by atoms with Crippen molar-refractivity contribution in [1.29, 1.82) is 0 Å². The van der Waals surface area contributed by atoms with Crippen LogP contribution in [0.15, 0.2) is 59.4 Å². The minimum Gasteiger partial charge on any atom is -0.365 e. The molecule has 5 rings (SSSR count). The number of alkyl halides is 3. The molecule has 0 amide bonds. The van der Waals surface area contributed by atoms with Crippen LogP contribution in [0.2, 0.25) is 0 Å². The fourth-order valence-electron chi connectivity index (χ4n) is 3.50. The molecule has 10 heteroatoms. The first-order valence-electron chi connectivity index (χ1n) is 9.32. The zero-order chi connectivity index (χ0) is 21.6. The maximum atomic E-state index is 14.1. The van der Waals surface area contributed by atoms with Crippen LogP contribution in [0, 0.1) is 5.82 Å². The predicted molar refractivity (Wildman–Crippen MR) is 99.9 cm³/mol. The van der Waals surface area contributed by atoms with Crippen LogP contribution in [0.25, 0.3) is 23.0 Å². The number of rotatable bonds is 3. The van der Waals surface area contributed by atoms with Gasteiger partial charge in [-0.25, -0.2) is 9.37 Å². The first kappa shape index (κ1) is 19.4. The second kappa shape index (κ2) is 7.31. The Labute approximate surface area is 173 Å². The molecular formula is C21H14F4N4O2. The molecule has 6 nitrogen and oxygen atoms in total. The molecule has 0 saturated heterocycles. The number of hydrogen-bond donors (Lipinski definition) is 0. The van der Waals surface area contributed by atoms with Crippen molar-refractivity contribution in [3.8, 4) is 23.0 Å². The van der Waals surface area contributed by atoms with Crippen molar-refractivity contribution >= 4 is 0 Å². The largest absolute Gasteiger partial charge is 0.416 e. The summed E-state index contributed by atoms with van der Waals surface area (Å²) in [6.45, 7) is 0.480. The third kappa shape index (κ3) is 3.59. The van der Waals surface area contributed by atoms with Gasteiger partial charge in [0.1, 0.15) is 11.9 Å². The van der Waals surface area contributed by atoms with Gasteiger partial charge in [0.05, 0.1) is 30.7 Å². The molecule has 4 aromatic rings. The molecule has 2 aromatic heterocycles. The molecular weight excluding hydrogens is 416 g/mol. The molecule has 158 valence electrons. The van der Waals surface area contributed by atoms with Crippen LogP contribution in [-0.2, 0) is 24.1 Å². The molecule has 0 unspecified atom stereocenters. The average molecular weight is 430 g/mol. The van der Waals surface area contributed by atoms with E-state index in [1.54, 1.807) is 24.5 Å². The molecule has 0 aliphatic carbocycles. The summed E-state index contributed by atoms with van der Waals surface area (Å²) in [7, 11) is 0. The van der Waals surface area contributed by atoms with Crippen LogP contribution in [0.5, 0.6) is 0 Å². The number of halogens is 4. The van der Waals surface area contributed by atoms with E-state index in [1.165, 1.54) is 18.2 Å². The number of benzene rings is 2. The van der Waals surface area contributed by atoms with Gasteiger partial charge in [-0.1, -0.05) is 35.5 Å². The molecule has 0 bridgehead atoms. The molecule has 1 aliphatic heterocycles. The Balaban J connectivity index is 1.42. The molecule has 31 heavy (non-hydrogen) atoms. The standard InChI is InChI=1S/C21H14F4N4O2/c22-15-7-2-1-6-14(15)17-9-29-11-26-18(16(29)10-30-17)20-27-19(28-31-20)12-4-3-5-13(8-12)21(23,24)25/h1-8,11,17H,9-10H2/t17-/m1/s1. The lowest BCUT2D eigenvalue weighted by Crippen LogP contribution is -2.21. The summed E-state index contributed by atoms with van der Waals surface area (Å²) in [5.41, 5.74) is 0.856. The summed E-state index contributed by atoms with van der Waals surface area (Å²) >= 11 is 0. The van der Waals surface area contributed by atoms with Gasteiger partial charge >= 0.3 is 6.18 Å². The molecule has 0 radical (unpaired) electrons. The lowest BCUT2D eigenvalue weighted by molar-refractivity contribution is -0.137. The second-order valence-corrected chi connectivity index (χ2v) is 7.02. The van der Waals surface area contributed by atoms with Crippen LogP contribution in [-0.4, -0.2) is 19.7 Å². The van der Waals surface area contributed by atoms with Gasteiger partial charge in [-0.15, -0.1) is 0 Å². The van der Waals surface area contributed by atoms with Gasteiger partial charge in [-0.3, -0.25) is 0 Å². The number of hydrogen-bond acceptors (Lipinski definition) is 5. The maximum absolute atomic E-state index is 14.1. The Hall–Kier alpha value is -3.53. The van der Waals surface area contributed by atoms with Crippen LogP contribution < -0.4 is 0 Å². The van der Waals surface area contributed by atoms with Gasteiger partial charge < -0.3 is 13.8 Å². The van der Waals surface area contributed by atoms with E-state index in [2.05, 4.69) is 15.1 Å². The highest BCUT2D eigenvalue weighted by molar-refractivity contribution is 5.60. The van der Waals surface area contributed by atoms with E-state index in [1.807, 2.05) is 4.57 Å². The predicted octanol–water partition coefficient (Wildman–Crippen LogP) is 5.03. The van der Waals surface area contributed by atoms with Gasteiger partial charge in [0.15, 0.2) is 5.69 Å². The van der Waals surface area contributed by atoms with E-state index < -0.39 is 17.8 Å². The summed E-state index contributed by atoms with van der Waals surface area (Å²) in [4.78, 5) is 8.50. The van der Waals surface area contributed by atoms with E-state index in [9.17, 15) is 17.6 Å². The molecule has 2 aromatic carbocycles. The van der Waals surface area contributed by atoms with Crippen molar-refractivity contribution in [3.63, 3.8) is 0 Å². The Morgan fingerprint density at radius 2 is 1.90 bits per heavy atom.